The summed E-state index contributed by atoms with van der Waals surface area (Å²) in [5.74, 6) is 1.08. The lowest BCUT2D eigenvalue weighted by Gasteiger charge is -2.10. The van der Waals surface area contributed by atoms with Crippen molar-refractivity contribution < 1.29 is 13.2 Å². The van der Waals surface area contributed by atoms with Gasteiger partial charge in [0.05, 0.1) is 16.8 Å². The number of aromatic nitrogens is 6. The van der Waals surface area contributed by atoms with Gasteiger partial charge in [0, 0.05) is 19.3 Å². The predicted octanol–water partition coefficient (Wildman–Crippen LogP) is 4.00. The van der Waals surface area contributed by atoms with Crippen LogP contribution < -0.4 is 5.32 Å². The minimum atomic E-state index is -4.38. The molecular weight excluding hydrogens is 383 g/mol. The van der Waals surface area contributed by atoms with Gasteiger partial charge in [0.1, 0.15) is 17.7 Å². The van der Waals surface area contributed by atoms with Gasteiger partial charge in [-0.15, -0.1) is 0 Å². The van der Waals surface area contributed by atoms with Crippen molar-refractivity contribution in [3.63, 3.8) is 0 Å². The fraction of sp³-hybridized carbons (Fsp3) is 0.263. The maximum atomic E-state index is 12.9. The SMILES string of the molecule is Cc1nn(C)c(C)c1-c1nc2ncnc(NCc3cccc(C(F)(F)F)c3)c2[nH]1. The highest BCUT2D eigenvalue weighted by Crippen LogP contribution is 2.30. The van der Waals surface area contributed by atoms with Gasteiger partial charge in [0.15, 0.2) is 11.5 Å². The summed E-state index contributed by atoms with van der Waals surface area (Å²) < 4.78 is 40.5. The van der Waals surface area contributed by atoms with Crippen LogP contribution >= 0.6 is 0 Å². The number of alkyl halides is 3. The lowest BCUT2D eigenvalue weighted by Crippen LogP contribution is -2.07. The standard InChI is InChI=1S/C19H18F3N7/c1-10-14(11(2)29(3)28-10)16-26-15-17(24-9-25-18(15)27-16)23-8-12-5-4-6-13(7-12)19(20,21)22/h4-7,9H,8H2,1-3H3,(H2,23,24,25,26,27). The van der Waals surface area contributed by atoms with Crippen LogP contribution in [-0.4, -0.2) is 29.7 Å². The summed E-state index contributed by atoms with van der Waals surface area (Å²) in [5, 5.41) is 7.47. The second-order valence-corrected chi connectivity index (χ2v) is 6.73. The number of imidazole rings is 1. The number of H-pyrrole nitrogens is 1. The average molecular weight is 401 g/mol. The summed E-state index contributed by atoms with van der Waals surface area (Å²) >= 11 is 0. The summed E-state index contributed by atoms with van der Waals surface area (Å²) in [4.78, 5) is 16.1. The van der Waals surface area contributed by atoms with Gasteiger partial charge in [0.25, 0.3) is 0 Å². The molecule has 29 heavy (non-hydrogen) atoms. The Kier molecular flexibility index (Phi) is 4.48. The largest absolute Gasteiger partial charge is 0.416 e. The molecule has 0 aliphatic carbocycles. The van der Waals surface area contributed by atoms with Crippen molar-refractivity contribution in [1.82, 2.24) is 29.7 Å². The molecule has 3 heterocycles. The van der Waals surface area contributed by atoms with Gasteiger partial charge in [-0.2, -0.15) is 18.3 Å². The quantitative estimate of drug-likeness (QED) is 0.540. The van der Waals surface area contributed by atoms with Gasteiger partial charge in [-0.05, 0) is 31.5 Å². The molecule has 0 aliphatic rings. The summed E-state index contributed by atoms with van der Waals surface area (Å²) in [5.41, 5.74) is 3.51. The highest BCUT2D eigenvalue weighted by molar-refractivity contribution is 5.85. The lowest BCUT2D eigenvalue weighted by molar-refractivity contribution is -0.137. The van der Waals surface area contributed by atoms with E-state index in [1.807, 2.05) is 20.9 Å². The van der Waals surface area contributed by atoms with E-state index in [0.717, 1.165) is 29.1 Å². The number of hydrogen-bond donors (Lipinski definition) is 2. The van der Waals surface area contributed by atoms with Gasteiger partial charge in [-0.3, -0.25) is 4.68 Å². The Balaban J connectivity index is 1.65. The van der Waals surface area contributed by atoms with Crippen LogP contribution in [0.2, 0.25) is 0 Å². The fourth-order valence-corrected chi connectivity index (χ4v) is 3.24. The van der Waals surface area contributed by atoms with Crippen molar-refractivity contribution >= 4 is 17.0 Å². The number of halogens is 3. The maximum Gasteiger partial charge on any atom is 0.416 e. The van der Waals surface area contributed by atoms with E-state index in [2.05, 4.69) is 30.4 Å². The fourth-order valence-electron chi connectivity index (χ4n) is 3.24. The Bertz CT molecular complexity index is 1190. The predicted molar refractivity (Wildman–Crippen MR) is 102 cm³/mol. The summed E-state index contributed by atoms with van der Waals surface area (Å²) in [6, 6.07) is 5.18. The molecule has 0 aliphatic heterocycles. The highest BCUT2D eigenvalue weighted by atomic mass is 19.4. The molecule has 4 rings (SSSR count). The van der Waals surface area contributed by atoms with Crippen LogP contribution in [-0.2, 0) is 19.8 Å². The molecule has 0 amide bonds. The Morgan fingerprint density at radius 1 is 1.17 bits per heavy atom. The van der Waals surface area contributed by atoms with Crippen molar-refractivity contribution in [2.45, 2.75) is 26.6 Å². The molecule has 0 fully saturated rings. The topological polar surface area (TPSA) is 84.3 Å². The third kappa shape index (κ3) is 3.53. The van der Waals surface area contributed by atoms with Crippen LogP contribution in [0.5, 0.6) is 0 Å². The Hall–Kier alpha value is -3.43. The van der Waals surface area contributed by atoms with Gasteiger partial charge in [-0.25, -0.2) is 15.0 Å². The molecule has 2 N–H and O–H groups in total. The Morgan fingerprint density at radius 2 is 1.97 bits per heavy atom. The number of hydrogen-bond acceptors (Lipinski definition) is 5. The van der Waals surface area contributed by atoms with E-state index in [9.17, 15) is 13.2 Å². The third-order valence-corrected chi connectivity index (χ3v) is 4.75. The van der Waals surface area contributed by atoms with Crippen molar-refractivity contribution in [2.75, 3.05) is 5.32 Å². The van der Waals surface area contributed by atoms with E-state index in [4.69, 9.17) is 0 Å². The summed E-state index contributed by atoms with van der Waals surface area (Å²) in [6.45, 7) is 4.02. The molecule has 0 spiro atoms. The van der Waals surface area contributed by atoms with E-state index in [1.54, 1.807) is 10.7 Å². The van der Waals surface area contributed by atoms with Crippen LogP contribution in [0, 0.1) is 13.8 Å². The Morgan fingerprint density at radius 3 is 2.66 bits per heavy atom. The smallest absolute Gasteiger partial charge is 0.364 e. The molecule has 0 unspecified atom stereocenters. The molecule has 0 saturated heterocycles. The van der Waals surface area contributed by atoms with Crippen LogP contribution in [0.3, 0.4) is 0 Å². The molecule has 150 valence electrons. The maximum absolute atomic E-state index is 12.9. The lowest BCUT2D eigenvalue weighted by atomic mass is 10.1. The number of rotatable bonds is 4. The van der Waals surface area contributed by atoms with Crippen LogP contribution in [0.4, 0.5) is 19.0 Å². The molecule has 0 radical (unpaired) electrons. The first kappa shape index (κ1) is 18.9. The summed E-state index contributed by atoms with van der Waals surface area (Å²) in [6.07, 6.45) is -3.01. The first-order valence-electron chi connectivity index (χ1n) is 8.85. The third-order valence-electron chi connectivity index (χ3n) is 4.75. The molecule has 3 aromatic heterocycles. The minimum Gasteiger partial charge on any atom is -0.364 e. The van der Waals surface area contributed by atoms with Gasteiger partial charge in [-0.1, -0.05) is 12.1 Å². The monoisotopic (exact) mass is 401 g/mol. The number of aryl methyl sites for hydroxylation is 2. The van der Waals surface area contributed by atoms with E-state index >= 15 is 0 Å². The number of nitrogens with one attached hydrogen (secondary N) is 2. The second-order valence-electron chi connectivity index (χ2n) is 6.73. The normalized spacial score (nSPS) is 11.9. The zero-order chi connectivity index (χ0) is 20.8. The van der Waals surface area contributed by atoms with E-state index < -0.39 is 11.7 Å². The molecule has 4 aromatic rings. The second kappa shape index (κ2) is 6.87. The van der Waals surface area contributed by atoms with Gasteiger partial charge < -0.3 is 10.3 Å². The number of fused-ring (bicyclic) bond motifs is 1. The number of nitrogens with zero attached hydrogens (tertiary/aromatic N) is 5. The highest BCUT2D eigenvalue weighted by Gasteiger charge is 2.30. The summed E-state index contributed by atoms with van der Waals surface area (Å²) in [7, 11) is 1.86. The number of anilines is 1. The number of aromatic amines is 1. The first-order valence-corrected chi connectivity index (χ1v) is 8.85. The molecule has 0 atom stereocenters. The molecule has 7 nitrogen and oxygen atoms in total. The molecular formula is C19H18F3N7. The zero-order valence-electron chi connectivity index (χ0n) is 16.0. The van der Waals surface area contributed by atoms with Crippen molar-refractivity contribution in [3.8, 4) is 11.4 Å². The van der Waals surface area contributed by atoms with Crippen LogP contribution in [0.1, 0.15) is 22.5 Å². The van der Waals surface area contributed by atoms with E-state index in [1.165, 1.54) is 12.4 Å². The van der Waals surface area contributed by atoms with Crippen LogP contribution in [0.25, 0.3) is 22.6 Å². The molecule has 1 aromatic carbocycles. The molecule has 10 heteroatoms. The van der Waals surface area contributed by atoms with E-state index in [0.29, 0.717) is 28.4 Å². The van der Waals surface area contributed by atoms with Crippen molar-refractivity contribution in [2.24, 2.45) is 7.05 Å². The number of benzene rings is 1. The average Bonchev–Trinajstić information content (AvgIpc) is 3.20. The Labute approximate surface area is 164 Å². The van der Waals surface area contributed by atoms with E-state index in [-0.39, 0.29) is 6.54 Å². The van der Waals surface area contributed by atoms with Crippen molar-refractivity contribution in [3.05, 3.63) is 53.1 Å². The molecule has 0 bridgehead atoms. The van der Waals surface area contributed by atoms with Gasteiger partial charge in [0.2, 0.25) is 0 Å². The first-order chi connectivity index (χ1) is 13.7. The zero-order valence-corrected chi connectivity index (χ0v) is 16.0. The van der Waals surface area contributed by atoms with Crippen molar-refractivity contribution in [1.29, 1.82) is 0 Å². The van der Waals surface area contributed by atoms with Gasteiger partial charge >= 0.3 is 6.18 Å². The van der Waals surface area contributed by atoms with Crippen LogP contribution in [0.15, 0.2) is 30.6 Å². The molecule has 0 saturated carbocycles. The minimum absolute atomic E-state index is 0.176.